The van der Waals surface area contributed by atoms with Gasteiger partial charge in [-0.2, -0.15) is 0 Å². The van der Waals surface area contributed by atoms with Crippen molar-refractivity contribution in [2.45, 2.75) is 13.8 Å². The summed E-state index contributed by atoms with van der Waals surface area (Å²) in [5.74, 6) is -4.00. The Morgan fingerprint density at radius 2 is 2.05 bits per heavy atom. The first kappa shape index (κ1) is 15.9. The fourth-order valence-corrected chi connectivity index (χ4v) is 1.56. The quantitative estimate of drug-likeness (QED) is 0.874. The van der Waals surface area contributed by atoms with Gasteiger partial charge in [-0.1, -0.05) is 13.0 Å². The van der Waals surface area contributed by atoms with E-state index in [1.165, 1.54) is 24.0 Å². The van der Waals surface area contributed by atoms with Gasteiger partial charge in [0, 0.05) is 13.1 Å². The summed E-state index contributed by atoms with van der Waals surface area (Å²) in [6.07, 6.45) is 0. The van der Waals surface area contributed by atoms with Crippen molar-refractivity contribution in [2.24, 2.45) is 5.92 Å². The highest BCUT2D eigenvalue weighted by Crippen LogP contribution is 2.17. The van der Waals surface area contributed by atoms with Crippen molar-refractivity contribution >= 4 is 17.7 Å². The number of aliphatic carboxylic acids is 1. The van der Waals surface area contributed by atoms with Crippen LogP contribution in [0.15, 0.2) is 18.2 Å². The summed E-state index contributed by atoms with van der Waals surface area (Å²) in [4.78, 5) is 23.9. The maximum absolute atomic E-state index is 13.4. The largest absolute Gasteiger partial charge is 0.481 e. The van der Waals surface area contributed by atoms with Crippen LogP contribution in [-0.2, 0) is 4.79 Å². The van der Waals surface area contributed by atoms with E-state index < -0.39 is 29.6 Å². The van der Waals surface area contributed by atoms with Crippen molar-refractivity contribution < 1.29 is 23.5 Å². The topological polar surface area (TPSA) is 69.6 Å². The zero-order valence-electron chi connectivity index (χ0n) is 11.2. The zero-order chi connectivity index (χ0) is 15.3. The van der Waals surface area contributed by atoms with Gasteiger partial charge in [0.1, 0.15) is 0 Å². The van der Waals surface area contributed by atoms with Gasteiger partial charge < -0.3 is 15.3 Å². The highest BCUT2D eigenvalue weighted by atomic mass is 19.2. The van der Waals surface area contributed by atoms with Crippen molar-refractivity contribution in [3.8, 4) is 0 Å². The minimum Gasteiger partial charge on any atom is -0.481 e. The van der Waals surface area contributed by atoms with Crippen molar-refractivity contribution in [3.05, 3.63) is 29.8 Å². The number of carboxylic acid groups (broad SMARTS) is 1. The lowest BCUT2D eigenvalue weighted by Crippen LogP contribution is -2.39. The molecule has 2 amide bonds. The number of rotatable bonds is 5. The van der Waals surface area contributed by atoms with Gasteiger partial charge in [-0.05, 0) is 19.1 Å². The number of hydrogen-bond donors (Lipinski definition) is 2. The maximum atomic E-state index is 13.4. The van der Waals surface area contributed by atoms with Crippen LogP contribution in [0, 0.1) is 17.6 Å². The molecular formula is C13H16F2N2O3. The van der Waals surface area contributed by atoms with E-state index in [4.69, 9.17) is 5.11 Å². The average molecular weight is 286 g/mol. The van der Waals surface area contributed by atoms with Crippen LogP contribution >= 0.6 is 0 Å². The Morgan fingerprint density at radius 3 is 2.60 bits per heavy atom. The average Bonchev–Trinajstić information content (AvgIpc) is 2.40. The molecule has 0 bridgehead atoms. The van der Waals surface area contributed by atoms with Gasteiger partial charge in [-0.3, -0.25) is 4.79 Å². The number of halogens is 2. The Balaban J connectivity index is 2.77. The number of hydrogen-bond acceptors (Lipinski definition) is 2. The van der Waals surface area contributed by atoms with Crippen LogP contribution in [0.25, 0.3) is 0 Å². The third-order valence-corrected chi connectivity index (χ3v) is 2.78. The van der Waals surface area contributed by atoms with Crippen molar-refractivity contribution in [1.82, 2.24) is 4.90 Å². The molecule has 20 heavy (non-hydrogen) atoms. The molecular weight excluding hydrogens is 270 g/mol. The van der Waals surface area contributed by atoms with Crippen molar-refractivity contribution in [1.29, 1.82) is 0 Å². The van der Waals surface area contributed by atoms with Gasteiger partial charge in [-0.15, -0.1) is 0 Å². The molecule has 110 valence electrons. The molecule has 1 rings (SSSR count). The third-order valence-electron chi connectivity index (χ3n) is 2.78. The van der Waals surface area contributed by atoms with Crippen LogP contribution in [0.3, 0.4) is 0 Å². The number of anilines is 1. The standard InChI is InChI=1S/C13H16F2N2O3/c1-3-17(7-8(2)12(18)19)13(20)16-10-6-4-5-9(14)11(10)15/h4-6,8H,3,7H2,1-2H3,(H,16,20)(H,18,19). The van der Waals surface area contributed by atoms with Gasteiger partial charge in [0.25, 0.3) is 0 Å². The Morgan fingerprint density at radius 1 is 1.40 bits per heavy atom. The molecule has 5 nitrogen and oxygen atoms in total. The number of carbonyl (C=O) groups is 2. The molecule has 0 aliphatic carbocycles. The number of amides is 2. The third kappa shape index (κ3) is 3.91. The molecule has 0 aromatic heterocycles. The number of carbonyl (C=O) groups excluding carboxylic acids is 1. The summed E-state index contributed by atoms with van der Waals surface area (Å²) in [5.41, 5.74) is -0.281. The summed E-state index contributed by atoms with van der Waals surface area (Å²) in [6, 6.07) is 2.76. The second-order valence-corrected chi connectivity index (χ2v) is 4.31. The molecule has 0 aliphatic heterocycles. The highest BCUT2D eigenvalue weighted by Gasteiger charge is 2.20. The Labute approximate surface area is 115 Å². The molecule has 1 atom stereocenters. The second kappa shape index (κ2) is 6.83. The van der Waals surface area contributed by atoms with E-state index in [1.807, 2.05) is 0 Å². The van der Waals surface area contributed by atoms with E-state index in [1.54, 1.807) is 6.92 Å². The minimum absolute atomic E-state index is 0.0192. The van der Waals surface area contributed by atoms with E-state index in [0.717, 1.165) is 6.07 Å². The van der Waals surface area contributed by atoms with Gasteiger partial charge in [0.2, 0.25) is 0 Å². The molecule has 0 radical (unpaired) electrons. The Hall–Kier alpha value is -2.18. The van der Waals surface area contributed by atoms with E-state index >= 15 is 0 Å². The predicted octanol–water partition coefficient (Wildman–Crippen LogP) is 2.54. The van der Waals surface area contributed by atoms with E-state index in [-0.39, 0.29) is 18.8 Å². The normalized spacial score (nSPS) is 11.8. The maximum Gasteiger partial charge on any atom is 0.321 e. The first-order valence-electron chi connectivity index (χ1n) is 6.09. The van der Waals surface area contributed by atoms with Gasteiger partial charge in [0.05, 0.1) is 11.6 Å². The lowest BCUT2D eigenvalue weighted by Gasteiger charge is -2.23. The summed E-state index contributed by atoms with van der Waals surface area (Å²) < 4.78 is 26.4. The van der Waals surface area contributed by atoms with E-state index in [0.29, 0.717) is 0 Å². The molecule has 0 aliphatic rings. The SMILES string of the molecule is CCN(CC(C)C(=O)O)C(=O)Nc1cccc(F)c1F. The Kier molecular flexibility index (Phi) is 5.42. The molecule has 0 heterocycles. The zero-order valence-corrected chi connectivity index (χ0v) is 11.2. The first-order chi connectivity index (χ1) is 9.36. The minimum atomic E-state index is -1.15. The highest BCUT2D eigenvalue weighted by molar-refractivity contribution is 5.89. The lowest BCUT2D eigenvalue weighted by molar-refractivity contribution is -0.141. The molecule has 1 unspecified atom stereocenters. The molecule has 0 saturated heterocycles. The summed E-state index contributed by atoms with van der Waals surface area (Å²) in [6.45, 7) is 3.35. The number of carboxylic acids is 1. The lowest BCUT2D eigenvalue weighted by atomic mass is 10.2. The predicted molar refractivity (Wildman–Crippen MR) is 69.4 cm³/mol. The van der Waals surface area contributed by atoms with Gasteiger partial charge in [-0.25, -0.2) is 13.6 Å². The summed E-state index contributed by atoms with van der Waals surface area (Å²) in [5, 5.41) is 11.0. The number of urea groups is 1. The molecule has 7 heteroatoms. The molecule has 1 aromatic rings. The smallest absolute Gasteiger partial charge is 0.321 e. The summed E-state index contributed by atoms with van der Waals surface area (Å²) in [7, 11) is 0. The number of nitrogens with zero attached hydrogens (tertiary/aromatic N) is 1. The van der Waals surface area contributed by atoms with Crippen LogP contribution in [0.4, 0.5) is 19.3 Å². The summed E-state index contributed by atoms with van der Waals surface area (Å²) >= 11 is 0. The monoisotopic (exact) mass is 286 g/mol. The molecule has 0 spiro atoms. The Bertz CT molecular complexity index is 508. The fourth-order valence-electron chi connectivity index (χ4n) is 1.56. The van der Waals surface area contributed by atoms with Crippen molar-refractivity contribution in [3.63, 3.8) is 0 Å². The van der Waals surface area contributed by atoms with Crippen LogP contribution < -0.4 is 5.32 Å². The van der Waals surface area contributed by atoms with Gasteiger partial charge >= 0.3 is 12.0 Å². The van der Waals surface area contributed by atoms with Crippen LogP contribution in [-0.4, -0.2) is 35.1 Å². The van der Waals surface area contributed by atoms with Crippen LogP contribution in [0.2, 0.25) is 0 Å². The van der Waals surface area contributed by atoms with E-state index in [2.05, 4.69) is 5.32 Å². The fraction of sp³-hybridized carbons (Fsp3) is 0.385. The molecule has 0 saturated carbocycles. The van der Waals surface area contributed by atoms with E-state index in [9.17, 15) is 18.4 Å². The molecule has 1 aromatic carbocycles. The van der Waals surface area contributed by atoms with Gasteiger partial charge in [0.15, 0.2) is 11.6 Å². The van der Waals surface area contributed by atoms with Crippen molar-refractivity contribution in [2.75, 3.05) is 18.4 Å². The van der Waals surface area contributed by atoms with Crippen LogP contribution in [0.1, 0.15) is 13.8 Å². The molecule has 0 fully saturated rings. The first-order valence-corrected chi connectivity index (χ1v) is 6.09. The van der Waals surface area contributed by atoms with Crippen LogP contribution in [0.5, 0.6) is 0 Å². The molecule has 2 N–H and O–H groups in total. The number of nitrogens with one attached hydrogen (secondary N) is 1. The second-order valence-electron chi connectivity index (χ2n) is 4.31. The number of benzene rings is 1.